The molecule has 11 heteroatoms. The van der Waals surface area contributed by atoms with Crippen molar-refractivity contribution >= 4 is 34.6 Å². The number of rotatable bonds is 5. The van der Waals surface area contributed by atoms with E-state index in [0.717, 1.165) is 4.90 Å². The molecule has 0 radical (unpaired) electrons. The lowest BCUT2D eigenvalue weighted by atomic mass is 9.90. The van der Waals surface area contributed by atoms with Crippen LogP contribution in [0.1, 0.15) is 11.6 Å². The van der Waals surface area contributed by atoms with E-state index in [1.807, 2.05) is 0 Å². The molecule has 5 rings (SSSR count). The van der Waals surface area contributed by atoms with Crippen molar-refractivity contribution in [3.8, 4) is 0 Å². The molecule has 2 saturated heterocycles. The molecule has 0 aliphatic carbocycles. The van der Waals surface area contributed by atoms with E-state index in [-0.39, 0.29) is 22.3 Å². The maximum absolute atomic E-state index is 13.5. The fourth-order valence-corrected chi connectivity index (χ4v) is 4.36. The minimum Gasteiger partial charge on any atom is -0.733 e. The van der Waals surface area contributed by atoms with Gasteiger partial charge in [-0.05, 0) is 42.0 Å². The summed E-state index contributed by atoms with van der Waals surface area (Å²) < 4.78 is 0. The van der Waals surface area contributed by atoms with Crippen molar-refractivity contribution in [3.63, 3.8) is 0 Å². The zero-order valence-electron chi connectivity index (χ0n) is 17.4. The molecule has 2 heterocycles. The van der Waals surface area contributed by atoms with Gasteiger partial charge in [0.1, 0.15) is 5.92 Å². The van der Waals surface area contributed by atoms with Crippen LogP contribution in [0.2, 0.25) is 0 Å². The van der Waals surface area contributed by atoms with Gasteiger partial charge in [0.25, 0.3) is 11.6 Å². The van der Waals surface area contributed by atoms with Crippen LogP contribution in [-0.4, -0.2) is 28.0 Å². The molecule has 2 fully saturated rings. The van der Waals surface area contributed by atoms with E-state index in [4.69, 9.17) is 10.0 Å². The zero-order chi connectivity index (χ0) is 24.0. The summed E-state index contributed by atoms with van der Waals surface area (Å²) in [5, 5.41) is 32.6. The van der Waals surface area contributed by atoms with E-state index >= 15 is 0 Å². The number of amides is 2. The first-order valence-electron chi connectivity index (χ1n) is 10.3. The van der Waals surface area contributed by atoms with Crippen molar-refractivity contribution in [2.75, 3.05) is 15.2 Å². The number of imide groups is 1. The number of benzene rings is 3. The van der Waals surface area contributed by atoms with Gasteiger partial charge in [-0.25, -0.2) is 9.96 Å². The summed E-state index contributed by atoms with van der Waals surface area (Å²) in [5.74, 6) is -2.11. The van der Waals surface area contributed by atoms with Gasteiger partial charge >= 0.3 is 0 Å². The molecule has 2 aliphatic heterocycles. The number of nitro benzene ring substituents is 1. The van der Waals surface area contributed by atoms with E-state index < -0.39 is 34.8 Å². The number of hydrogen-bond donors (Lipinski definition) is 1. The number of fused-ring (bicyclic) bond motifs is 1. The van der Waals surface area contributed by atoms with Crippen molar-refractivity contribution in [1.29, 1.82) is 0 Å². The van der Waals surface area contributed by atoms with Gasteiger partial charge in [0, 0.05) is 12.1 Å². The summed E-state index contributed by atoms with van der Waals surface area (Å²) in [4.78, 5) is 44.6. The second-order valence-electron chi connectivity index (χ2n) is 7.81. The van der Waals surface area contributed by atoms with Gasteiger partial charge in [-0.2, -0.15) is 0 Å². The number of carbonyl (C=O) groups is 2. The van der Waals surface area contributed by atoms with Crippen molar-refractivity contribution in [2.24, 2.45) is 5.92 Å². The number of carbonyl (C=O) groups excluding carboxylic acids is 2. The lowest BCUT2D eigenvalue weighted by molar-refractivity contribution is -0.384. The number of nitro groups is 1. The highest BCUT2D eigenvalue weighted by molar-refractivity contribution is 6.24. The van der Waals surface area contributed by atoms with Crippen LogP contribution in [0.15, 0.2) is 78.9 Å². The number of non-ortho nitro benzene ring substituents is 1. The predicted molar refractivity (Wildman–Crippen MR) is 120 cm³/mol. The Hall–Kier alpha value is -4.32. The van der Waals surface area contributed by atoms with Gasteiger partial charge in [-0.3, -0.25) is 29.7 Å². The third kappa shape index (κ3) is 3.44. The molecule has 172 valence electrons. The Balaban J connectivity index is 1.57. The summed E-state index contributed by atoms with van der Waals surface area (Å²) in [6.07, 6.45) is -1.15. The highest BCUT2D eigenvalue weighted by Crippen LogP contribution is 2.48. The molecular formula is C23H17N4O7-. The Bertz CT molecular complexity index is 1270. The Labute approximate surface area is 192 Å². The second-order valence-corrected chi connectivity index (χ2v) is 7.81. The van der Waals surface area contributed by atoms with Crippen LogP contribution in [-0.2, 0) is 14.4 Å². The van der Waals surface area contributed by atoms with E-state index in [2.05, 4.69) is 0 Å². The zero-order valence-corrected chi connectivity index (χ0v) is 17.4. The van der Waals surface area contributed by atoms with Crippen LogP contribution in [0.5, 0.6) is 0 Å². The standard InChI is InChI=1S/C23H17N4O7/c28-22-19-20(14-5-4-8-18(13-14)27(32)33)25(16-6-2-1-3-7-16)34-21(19)23(29)24(22)15-9-11-17(12-10-15)26(30)31/h1-13,19-21,30H/q-1/t19-,20-,21+/m1/s1. The number of hydroxylamine groups is 1. The molecule has 0 spiro atoms. The van der Waals surface area contributed by atoms with E-state index in [9.17, 15) is 24.9 Å². The fraction of sp³-hybridized carbons (Fsp3) is 0.130. The Morgan fingerprint density at radius 2 is 1.62 bits per heavy atom. The summed E-state index contributed by atoms with van der Waals surface area (Å²) >= 11 is 0. The molecule has 0 aromatic heterocycles. The maximum Gasteiger partial charge on any atom is 0.269 e. The Kier molecular flexibility index (Phi) is 5.21. The van der Waals surface area contributed by atoms with Crippen LogP contribution in [0.3, 0.4) is 0 Å². The highest BCUT2D eigenvalue weighted by atomic mass is 16.8. The fourth-order valence-electron chi connectivity index (χ4n) is 4.36. The van der Waals surface area contributed by atoms with E-state index in [1.165, 1.54) is 47.5 Å². The minimum absolute atomic E-state index is 0.0657. The summed E-state index contributed by atoms with van der Waals surface area (Å²) in [7, 11) is 0. The lowest BCUT2D eigenvalue weighted by Crippen LogP contribution is -2.37. The van der Waals surface area contributed by atoms with Crippen molar-refractivity contribution in [1.82, 2.24) is 0 Å². The van der Waals surface area contributed by atoms with Gasteiger partial charge in [0.15, 0.2) is 6.10 Å². The normalized spacial score (nSPS) is 21.6. The topological polar surface area (TPSA) is 140 Å². The van der Waals surface area contributed by atoms with Crippen LogP contribution in [0, 0.1) is 21.2 Å². The molecule has 0 saturated carbocycles. The number of para-hydroxylation sites is 1. The number of anilines is 3. The Morgan fingerprint density at radius 3 is 2.26 bits per heavy atom. The summed E-state index contributed by atoms with van der Waals surface area (Å²) in [6, 6.07) is 19.2. The molecule has 3 aromatic rings. The predicted octanol–water partition coefficient (Wildman–Crippen LogP) is 3.34. The average Bonchev–Trinajstić information content (AvgIpc) is 3.35. The first-order chi connectivity index (χ1) is 16.4. The van der Waals surface area contributed by atoms with Gasteiger partial charge in [0.05, 0.1) is 28.0 Å². The molecule has 34 heavy (non-hydrogen) atoms. The van der Waals surface area contributed by atoms with Crippen molar-refractivity contribution in [3.05, 3.63) is 99.7 Å². The van der Waals surface area contributed by atoms with Gasteiger partial charge < -0.3 is 10.4 Å². The summed E-state index contributed by atoms with van der Waals surface area (Å²) in [6.45, 7) is 0. The lowest BCUT2D eigenvalue weighted by Gasteiger charge is -2.29. The molecule has 1 N–H and O–H groups in total. The maximum atomic E-state index is 13.5. The second kappa shape index (κ2) is 8.23. The average molecular weight is 461 g/mol. The van der Waals surface area contributed by atoms with E-state index in [1.54, 1.807) is 36.4 Å². The highest BCUT2D eigenvalue weighted by Gasteiger charge is 2.60. The molecular weight excluding hydrogens is 444 g/mol. The minimum atomic E-state index is -1.15. The number of hydrogen-bond acceptors (Lipinski definition) is 9. The molecule has 2 amide bonds. The number of nitrogens with zero attached hydrogens (tertiary/aromatic N) is 4. The van der Waals surface area contributed by atoms with E-state index in [0.29, 0.717) is 11.3 Å². The summed E-state index contributed by atoms with van der Waals surface area (Å²) in [5.41, 5.74) is 1.03. The molecule has 0 bridgehead atoms. The smallest absolute Gasteiger partial charge is 0.269 e. The molecule has 2 aliphatic rings. The first kappa shape index (κ1) is 21.5. The quantitative estimate of drug-likeness (QED) is 0.344. The van der Waals surface area contributed by atoms with Crippen LogP contribution in [0.4, 0.5) is 22.7 Å². The molecule has 0 unspecified atom stereocenters. The monoisotopic (exact) mass is 461 g/mol. The van der Waals surface area contributed by atoms with Gasteiger partial charge in [0.2, 0.25) is 5.91 Å². The third-order valence-electron chi connectivity index (χ3n) is 5.88. The molecule has 3 aromatic carbocycles. The van der Waals surface area contributed by atoms with Crippen LogP contribution >= 0.6 is 0 Å². The molecule has 3 atom stereocenters. The van der Waals surface area contributed by atoms with Crippen LogP contribution < -0.4 is 15.2 Å². The van der Waals surface area contributed by atoms with Gasteiger partial charge in [-0.15, -0.1) is 0 Å². The third-order valence-corrected chi connectivity index (χ3v) is 5.88. The Morgan fingerprint density at radius 1 is 0.912 bits per heavy atom. The molecule has 11 nitrogen and oxygen atoms in total. The van der Waals surface area contributed by atoms with Crippen molar-refractivity contribution in [2.45, 2.75) is 12.1 Å². The van der Waals surface area contributed by atoms with Crippen molar-refractivity contribution < 1.29 is 24.6 Å². The van der Waals surface area contributed by atoms with Gasteiger partial charge in [-0.1, -0.05) is 30.3 Å². The van der Waals surface area contributed by atoms with Crippen LogP contribution in [0.25, 0.3) is 0 Å². The largest absolute Gasteiger partial charge is 0.733 e. The first-order valence-corrected chi connectivity index (χ1v) is 10.3. The SMILES string of the molecule is O=C1[C@H]2[C@H](ON(c3ccccc3)[C@@H]2c2cccc([N+](=O)[O-])c2)C(=O)N1c1ccc(N([O-])O)cc1.